The number of carbonyl (C=O) groups excluding carboxylic acids is 4. The molecule has 3 fully saturated rings. The van der Waals surface area contributed by atoms with Gasteiger partial charge in [0.1, 0.15) is 18.1 Å². The van der Waals surface area contributed by atoms with Gasteiger partial charge in [0.2, 0.25) is 17.7 Å². The van der Waals surface area contributed by atoms with E-state index in [4.69, 9.17) is 0 Å². The van der Waals surface area contributed by atoms with Gasteiger partial charge in [0.05, 0.1) is 6.07 Å². The van der Waals surface area contributed by atoms with Crippen LogP contribution in [0.15, 0.2) is 0 Å². The molecular weight excluding hydrogens is 455 g/mol. The first-order valence-corrected chi connectivity index (χ1v) is 11.3. The Morgan fingerprint density at radius 1 is 1.24 bits per heavy atom. The van der Waals surface area contributed by atoms with Crippen molar-refractivity contribution < 1.29 is 32.3 Å². The molecule has 0 radical (unpaired) electrons. The van der Waals surface area contributed by atoms with Crippen molar-refractivity contribution in [2.75, 3.05) is 13.1 Å². The molecule has 12 heteroatoms. The molecule has 1 saturated carbocycles. The third-order valence-electron chi connectivity index (χ3n) is 6.85. The van der Waals surface area contributed by atoms with E-state index in [9.17, 15) is 37.6 Å². The van der Waals surface area contributed by atoms with Crippen LogP contribution in [0.1, 0.15) is 52.9 Å². The maximum Gasteiger partial charge on any atom is 0.471 e. The maximum absolute atomic E-state index is 13.4. The monoisotopic (exact) mass is 485 g/mol. The molecule has 3 rings (SSSR count). The summed E-state index contributed by atoms with van der Waals surface area (Å²) in [7, 11) is 0. The number of hydrogen-bond donors (Lipinski definition) is 3. The van der Waals surface area contributed by atoms with Gasteiger partial charge < -0.3 is 20.9 Å². The molecule has 0 unspecified atom stereocenters. The molecule has 4 atom stereocenters. The van der Waals surface area contributed by atoms with Crippen LogP contribution in [0.25, 0.3) is 0 Å². The highest BCUT2D eigenvalue weighted by molar-refractivity contribution is 5.94. The van der Waals surface area contributed by atoms with Crippen LogP contribution in [0.2, 0.25) is 0 Å². The first-order chi connectivity index (χ1) is 15.7. The number of nitriles is 1. The fourth-order valence-electron chi connectivity index (χ4n) is 4.65. The highest BCUT2D eigenvalue weighted by Gasteiger charge is 2.57. The number of rotatable bonds is 6. The van der Waals surface area contributed by atoms with E-state index < -0.39 is 53.4 Å². The van der Waals surface area contributed by atoms with Gasteiger partial charge in [-0.05, 0) is 42.9 Å². The maximum atomic E-state index is 13.4. The van der Waals surface area contributed by atoms with Crippen LogP contribution in [0.5, 0.6) is 0 Å². The van der Waals surface area contributed by atoms with E-state index in [1.54, 1.807) is 5.32 Å². The fourth-order valence-corrected chi connectivity index (χ4v) is 4.65. The third kappa shape index (κ3) is 5.62. The largest absolute Gasteiger partial charge is 0.471 e. The molecule has 3 N–H and O–H groups in total. The molecule has 1 aliphatic carbocycles. The van der Waals surface area contributed by atoms with E-state index in [1.807, 2.05) is 6.07 Å². The van der Waals surface area contributed by atoms with Gasteiger partial charge in [0.15, 0.2) is 0 Å². The molecular formula is C22H30F3N5O4. The molecule has 2 heterocycles. The zero-order chi connectivity index (χ0) is 25.5. The smallest absolute Gasteiger partial charge is 0.356 e. The van der Waals surface area contributed by atoms with Crippen molar-refractivity contribution in [2.45, 2.75) is 77.2 Å². The van der Waals surface area contributed by atoms with Crippen LogP contribution >= 0.6 is 0 Å². The van der Waals surface area contributed by atoms with Gasteiger partial charge in [-0.2, -0.15) is 18.4 Å². The molecule has 4 amide bonds. The number of halogens is 3. The first-order valence-electron chi connectivity index (χ1n) is 11.3. The first kappa shape index (κ1) is 25.8. The van der Waals surface area contributed by atoms with Gasteiger partial charge in [-0.1, -0.05) is 20.8 Å². The molecule has 0 bridgehead atoms. The lowest BCUT2D eigenvalue weighted by Gasteiger charge is -2.35. The average Bonchev–Trinajstić information content (AvgIpc) is 3.18. The quantitative estimate of drug-likeness (QED) is 0.517. The molecule has 1 spiro atoms. The standard InChI is InChI=1S/C22H30F3N5O4/c1-20(2,3)15(29-19(34)22(23,24)25)18(33)30-11-21(5-6-21)9-14(30)17(32)28-13(10-26)8-12-4-7-27-16(12)31/h12-15H,4-9,11H2,1-3H3,(H,27,31)(H,28,32)(H,29,34)/t12-,13-,14-,15+/m0/s1. The Labute approximate surface area is 195 Å². The summed E-state index contributed by atoms with van der Waals surface area (Å²) in [5, 5.41) is 16.6. The summed E-state index contributed by atoms with van der Waals surface area (Å²) in [6.45, 7) is 5.29. The number of nitrogens with one attached hydrogen (secondary N) is 3. The molecule has 34 heavy (non-hydrogen) atoms. The van der Waals surface area contributed by atoms with Crippen LogP contribution in [0.3, 0.4) is 0 Å². The number of alkyl halides is 3. The van der Waals surface area contributed by atoms with Crippen LogP contribution in [-0.4, -0.2) is 65.9 Å². The molecule has 2 saturated heterocycles. The predicted octanol–water partition coefficient (Wildman–Crippen LogP) is 0.995. The molecule has 188 valence electrons. The Hall–Kier alpha value is -2.84. The fraction of sp³-hybridized carbons (Fsp3) is 0.773. The number of hydrogen-bond acceptors (Lipinski definition) is 5. The zero-order valence-electron chi connectivity index (χ0n) is 19.4. The normalized spacial score (nSPS) is 25.3. The Morgan fingerprint density at radius 2 is 1.88 bits per heavy atom. The van der Waals surface area contributed by atoms with Crippen molar-refractivity contribution in [3.63, 3.8) is 0 Å². The van der Waals surface area contributed by atoms with Crippen molar-refractivity contribution in [3.05, 3.63) is 0 Å². The topological polar surface area (TPSA) is 131 Å². The number of amides is 4. The summed E-state index contributed by atoms with van der Waals surface area (Å²) < 4.78 is 38.7. The lowest BCUT2D eigenvalue weighted by atomic mass is 9.85. The van der Waals surface area contributed by atoms with Gasteiger partial charge in [0, 0.05) is 19.0 Å². The minimum absolute atomic E-state index is 0.131. The van der Waals surface area contributed by atoms with Crippen LogP contribution in [0, 0.1) is 28.1 Å². The van der Waals surface area contributed by atoms with E-state index in [1.165, 1.54) is 25.7 Å². The Balaban J connectivity index is 1.76. The third-order valence-corrected chi connectivity index (χ3v) is 6.85. The van der Waals surface area contributed by atoms with Crippen molar-refractivity contribution >= 4 is 23.6 Å². The molecule has 0 aromatic rings. The second-order valence-electron chi connectivity index (χ2n) is 10.7. The average molecular weight is 486 g/mol. The van der Waals surface area contributed by atoms with Crippen LogP contribution < -0.4 is 16.0 Å². The molecule has 0 aromatic carbocycles. The van der Waals surface area contributed by atoms with E-state index in [0.29, 0.717) is 19.4 Å². The summed E-state index contributed by atoms with van der Waals surface area (Å²) in [5.41, 5.74) is -1.33. The minimum Gasteiger partial charge on any atom is -0.356 e. The SMILES string of the molecule is CC(C)(C)[C@H](NC(=O)C(F)(F)F)C(=O)N1CC2(CC2)C[C@H]1C(=O)N[C@H](C#N)C[C@@H]1CCNC1=O. The van der Waals surface area contributed by atoms with Gasteiger partial charge >= 0.3 is 12.1 Å². The highest BCUT2D eigenvalue weighted by atomic mass is 19.4. The lowest BCUT2D eigenvalue weighted by molar-refractivity contribution is -0.176. The highest BCUT2D eigenvalue weighted by Crippen LogP contribution is 2.55. The summed E-state index contributed by atoms with van der Waals surface area (Å²) in [5.74, 6) is -4.16. The van der Waals surface area contributed by atoms with Crippen molar-refractivity contribution in [2.24, 2.45) is 16.7 Å². The Kier molecular flexibility index (Phi) is 6.88. The number of nitrogens with zero attached hydrogens (tertiary/aromatic N) is 2. The van der Waals surface area contributed by atoms with Gasteiger partial charge in [-0.15, -0.1) is 0 Å². The molecule has 0 aromatic heterocycles. The molecule has 3 aliphatic rings. The minimum atomic E-state index is -5.16. The van der Waals surface area contributed by atoms with Crippen LogP contribution in [0.4, 0.5) is 13.2 Å². The van der Waals surface area contributed by atoms with Crippen LogP contribution in [-0.2, 0) is 19.2 Å². The number of likely N-dealkylation sites (tertiary alicyclic amines) is 1. The van der Waals surface area contributed by atoms with E-state index in [2.05, 4.69) is 10.6 Å². The molecule has 9 nitrogen and oxygen atoms in total. The second kappa shape index (κ2) is 9.07. The molecule has 2 aliphatic heterocycles. The summed E-state index contributed by atoms with van der Waals surface area (Å²) >= 11 is 0. The zero-order valence-corrected chi connectivity index (χ0v) is 19.4. The van der Waals surface area contributed by atoms with Crippen molar-refractivity contribution in [1.29, 1.82) is 5.26 Å². The second-order valence-corrected chi connectivity index (χ2v) is 10.7. The van der Waals surface area contributed by atoms with E-state index in [0.717, 1.165) is 12.8 Å². The van der Waals surface area contributed by atoms with Gasteiger partial charge in [0.25, 0.3) is 0 Å². The Morgan fingerprint density at radius 3 is 2.35 bits per heavy atom. The lowest BCUT2D eigenvalue weighted by Crippen LogP contribution is -2.59. The van der Waals surface area contributed by atoms with Crippen molar-refractivity contribution in [3.8, 4) is 6.07 Å². The number of carbonyl (C=O) groups is 4. The summed E-state index contributed by atoms with van der Waals surface area (Å²) in [6, 6.07) is -1.45. The predicted molar refractivity (Wildman–Crippen MR) is 113 cm³/mol. The van der Waals surface area contributed by atoms with Gasteiger partial charge in [-0.25, -0.2) is 0 Å². The van der Waals surface area contributed by atoms with E-state index >= 15 is 0 Å². The summed E-state index contributed by atoms with van der Waals surface area (Å²) in [6.07, 6.45) is -2.59. The van der Waals surface area contributed by atoms with Gasteiger partial charge in [-0.3, -0.25) is 19.2 Å². The summed E-state index contributed by atoms with van der Waals surface area (Å²) in [4.78, 5) is 51.2. The van der Waals surface area contributed by atoms with E-state index in [-0.39, 0.29) is 24.3 Å². The Bertz CT molecular complexity index is 904. The van der Waals surface area contributed by atoms with Crippen molar-refractivity contribution in [1.82, 2.24) is 20.9 Å².